The Kier molecular flexibility index (Phi) is 7.42. The number of carbonyl (C=O) groups is 2. The zero-order chi connectivity index (χ0) is 23.3. The second kappa shape index (κ2) is 10.5. The SMILES string of the molecule is O=C(NCc1ccccc1)[C@H]1CC(=O)N(CCN2CCN(S(=O)(=O)c3ccccc3)CC2)C1. The highest BCUT2D eigenvalue weighted by molar-refractivity contribution is 7.89. The van der Waals surface area contributed by atoms with Crippen molar-refractivity contribution in [2.75, 3.05) is 45.8 Å². The highest BCUT2D eigenvalue weighted by Gasteiger charge is 2.34. The van der Waals surface area contributed by atoms with Crippen LogP contribution in [0.5, 0.6) is 0 Å². The first-order chi connectivity index (χ1) is 15.9. The molecule has 33 heavy (non-hydrogen) atoms. The normalized spacial score (nSPS) is 20.2. The van der Waals surface area contributed by atoms with Crippen LogP contribution in [0.2, 0.25) is 0 Å². The van der Waals surface area contributed by atoms with Crippen molar-refractivity contribution in [2.45, 2.75) is 17.9 Å². The third-order valence-electron chi connectivity index (χ3n) is 6.29. The maximum Gasteiger partial charge on any atom is 0.243 e. The van der Waals surface area contributed by atoms with E-state index in [9.17, 15) is 18.0 Å². The van der Waals surface area contributed by atoms with Crippen molar-refractivity contribution in [2.24, 2.45) is 5.92 Å². The molecule has 9 heteroatoms. The van der Waals surface area contributed by atoms with Crippen LogP contribution in [-0.2, 0) is 26.2 Å². The monoisotopic (exact) mass is 470 g/mol. The highest BCUT2D eigenvalue weighted by atomic mass is 32.2. The van der Waals surface area contributed by atoms with Gasteiger partial charge in [0.25, 0.3) is 0 Å². The van der Waals surface area contributed by atoms with Crippen molar-refractivity contribution >= 4 is 21.8 Å². The van der Waals surface area contributed by atoms with E-state index in [2.05, 4.69) is 10.2 Å². The van der Waals surface area contributed by atoms with Crippen molar-refractivity contribution < 1.29 is 18.0 Å². The van der Waals surface area contributed by atoms with Gasteiger partial charge >= 0.3 is 0 Å². The number of piperazine rings is 1. The smallest absolute Gasteiger partial charge is 0.243 e. The topological polar surface area (TPSA) is 90.0 Å². The number of sulfonamides is 1. The number of nitrogens with one attached hydrogen (secondary N) is 1. The Bertz CT molecular complexity index is 1050. The van der Waals surface area contributed by atoms with Crippen LogP contribution in [0, 0.1) is 5.92 Å². The van der Waals surface area contributed by atoms with Gasteiger partial charge in [-0.25, -0.2) is 8.42 Å². The van der Waals surface area contributed by atoms with E-state index >= 15 is 0 Å². The number of hydrogen-bond donors (Lipinski definition) is 1. The van der Waals surface area contributed by atoms with Crippen molar-refractivity contribution in [3.8, 4) is 0 Å². The van der Waals surface area contributed by atoms with Crippen molar-refractivity contribution in [1.82, 2.24) is 19.4 Å². The van der Waals surface area contributed by atoms with Gasteiger partial charge in [0.05, 0.1) is 10.8 Å². The summed E-state index contributed by atoms with van der Waals surface area (Å²) in [5, 5.41) is 2.93. The minimum atomic E-state index is -3.47. The number of amides is 2. The third-order valence-corrected chi connectivity index (χ3v) is 8.21. The Morgan fingerprint density at radius 1 is 0.909 bits per heavy atom. The minimum absolute atomic E-state index is 0.000141. The average molecular weight is 471 g/mol. The van der Waals surface area contributed by atoms with Gasteiger partial charge in [0.2, 0.25) is 21.8 Å². The van der Waals surface area contributed by atoms with Crippen LogP contribution in [0.4, 0.5) is 0 Å². The van der Waals surface area contributed by atoms with Crippen molar-refractivity contribution in [3.05, 3.63) is 66.2 Å². The van der Waals surface area contributed by atoms with Crippen LogP contribution in [-0.4, -0.2) is 80.2 Å². The maximum absolute atomic E-state index is 12.8. The first-order valence-corrected chi connectivity index (χ1v) is 12.7. The highest BCUT2D eigenvalue weighted by Crippen LogP contribution is 2.20. The van der Waals surface area contributed by atoms with E-state index in [4.69, 9.17) is 0 Å². The van der Waals surface area contributed by atoms with Crippen molar-refractivity contribution in [3.63, 3.8) is 0 Å². The Balaban J connectivity index is 1.21. The molecule has 1 atom stereocenters. The third kappa shape index (κ3) is 5.79. The fourth-order valence-electron chi connectivity index (χ4n) is 4.29. The molecule has 2 aliphatic heterocycles. The molecule has 4 rings (SSSR count). The Morgan fingerprint density at radius 3 is 2.21 bits per heavy atom. The lowest BCUT2D eigenvalue weighted by Crippen LogP contribution is -2.50. The molecule has 2 heterocycles. The van der Waals surface area contributed by atoms with Crippen LogP contribution in [0.1, 0.15) is 12.0 Å². The largest absolute Gasteiger partial charge is 0.352 e. The average Bonchev–Trinajstić information content (AvgIpc) is 3.23. The van der Waals surface area contributed by atoms with Gasteiger partial charge in [-0.1, -0.05) is 48.5 Å². The fourth-order valence-corrected chi connectivity index (χ4v) is 5.73. The zero-order valence-electron chi connectivity index (χ0n) is 18.6. The lowest BCUT2D eigenvalue weighted by atomic mass is 10.1. The van der Waals surface area contributed by atoms with E-state index < -0.39 is 10.0 Å². The quantitative estimate of drug-likeness (QED) is 0.625. The molecular formula is C24H30N4O4S. The fraction of sp³-hybridized carbons (Fsp3) is 0.417. The molecule has 176 valence electrons. The van der Waals surface area contributed by atoms with Gasteiger partial charge in [-0.15, -0.1) is 0 Å². The van der Waals surface area contributed by atoms with Crippen molar-refractivity contribution in [1.29, 1.82) is 0 Å². The van der Waals surface area contributed by atoms with Gasteiger partial charge in [-0.05, 0) is 17.7 Å². The molecule has 0 aromatic heterocycles. The van der Waals surface area contributed by atoms with E-state index in [0.717, 1.165) is 5.56 Å². The molecule has 2 fully saturated rings. The predicted octanol–water partition coefficient (Wildman–Crippen LogP) is 1.16. The van der Waals surface area contributed by atoms with E-state index in [1.807, 2.05) is 30.3 Å². The number of hydrogen-bond acceptors (Lipinski definition) is 5. The van der Waals surface area contributed by atoms with Gasteiger partial charge < -0.3 is 10.2 Å². The van der Waals surface area contributed by atoms with Gasteiger partial charge in [0.1, 0.15) is 0 Å². The Labute approximate surface area is 195 Å². The van der Waals surface area contributed by atoms with E-state index in [-0.39, 0.29) is 24.2 Å². The van der Waals surface area contributed by atoms with Crippen LogP contribution in [0.15, 0.2) is 65.6 Å². The van der Waals surface area contributed by atoms with Crippen LogP contribution < -0.4 is 5.32 Å². The summed E-state index contributed by atoms with van der Waals surface area (Å²) >= 11 is 0. The number of likely N-dealkylation sites (tertiary alicyclic amines) is 1. The molecular weight excluding hydrogens is 440 g/mol. The van der Waals surface area contributed by atoms with Crippen LogP contribution in [0.3, 0.4) is 0 Å². The molecule has 0 bridgehead atoms. The Hall–Kier alpha value is -2.75. The van der Waals surface area contributed by atoms with E-state index in [1.54, 1.807) is 35.2 Å². The first kappa shape index (κ1) is 23.4. The molecule has 2 amide bonds. The molecule has 2 aliphatic rings. The first-order valence-electron chi connectivity index (χ1n) is 11.3. The summed E-state index contributed by atoms with van der Waals surface area (Å²) in [6.07, 6.45) is 0.240. The van der Waals surface area contributed by atoms with Gasteiger partial charge in [0, 0.05) is 58.8 Å². The number of nitrogens with zero attached hydrogens (tertiary/aromatic N) is 3. The molecule has 0 spiro atoms. The zero-order valence-corrected chi connectivity index (χ0v) is 19.4. The van der Waals surface area contributed by atoms with Crippen LogP contribution >= 0.6 is 0 Å². The lowest BCUT2D eigenvalue weighted by molar-refractivity contribution is -0.129. The molecule has 2 aromatic carbocycles. The maximum atomic E-state index is 12.8. The number of rotatable bonds is 8. The second-order valence-corrected chi connectivity index (χ2v) is 10.4. The standard InChI is InChI=1S/C24H30N4O4S/c29-23-17-21(24(30)25-18-20-7-3-1-4-8-20)19-27(23)14-11-26-12-15-28(16-13-26)33(31,32)22-9-5-2-6-10-22/h1-10,21H,11-19H2,(H,25,30)/t21-/m0/s1. The van der Waals surface area contributed by atoms with Crippen LogP contribution in [0.25, 0.3) is 0 Å². The summed E-state index contributed by atoms with van der Waals surface area (Å²) in [4.78, 5) is 29.2. The summed E-state index contributed by atoms with van der Waals surface area (Å²) < 4.78 is 27.0. The summed E-state index contributed by atoms with van der Waals surface area (Å²) in [6.45, 7) is 4.20. The molecule has 0 saturated carbocycles. The molecule has 2 saturated heterocycles. The summed E-state index contributed by atoms with van der Waals surface area (Å²) in [6, 6.07) is 18.2. The molecule has 1 N–H and O–H groups in total. The van der Waals surface area contributed by atoms with E-state index in [0.29, 0.717) is 57.3 Å². The van der Waals surface area contributed by atoms with Gasteiger partial charge in [-0.2, -0.15) is 4.31 Å². The summed E-state index contributed by atoms with van der Waals surface area (Å²) in [5.74, 6) is -0.413. The van der Waals surface area contributed by atoms with Gasteiger partial charge in [-0.3, -0.25) is 14.5 Å². The molecule has 0 unspecified atom stereocenters. The summed E-state index contributed by atoms with van der Waals surface area (Å²) in [5.41, 5.74) is 1.03. The molecule has 0 radical (unpaired) electrons. The number of carbonyl (C=O) groups excluding carboxylic acids is 2. The Morgan fingerprint density at radius 2 is 1.55 bits per heavy atom. The second-order valence-electron chi connectivity index (χ2n) is 8.50. The summed E-state index contributed by atoms with van der Waals surface area (Å²) in [7, 11) is -3.47. The molecule has 0 aliphatic carbocycles. The lowest BCUT2D eigenvalue weighted by Gasteiger charge is -2.34. The number of benzene rings is 2. The minimum Gasteiger partial charge on any atom is -0.352 e. The van der Waals surface area contributed by atoms with Gasteiger partial charge in [0.15, 0.2) is 0 Å². The molecule has 8 nitrogen and oxygen atoms in total. The predicted molar refractivity (Wildman–Crippen MR) is 125 cm³/mol. The van der Waals surface area contributed by atoms with E-state index in [1.165, 1.54) is 4.31 Å². The molecule has 2 aromatic rings.